The largest absolute Gasteiger partial charge is 0.439 e. The number of nitrogens with zero attached hydrogens (tertiary/aromatic N) is 1. The monoisotopic (exact) mass is 262 g/mol. The van der Waals surface area contributed by atoms with Gasteiger partial charge in [-0.2, -0.15) is 0 Å². The molecular weight excluding hydrogens is 248 g/mol. The van der Waals surface area contributed by atoms with Crippen molar-refractivity contribution in [2.75, 3.05) is 0 Å². The number of nitrogens with two attached hydrogens (primary N) is 1. The van der Waals surface area contributed by atoms with E-state index in [1.807, 2.05) is 30.3 Å². The predicted octanol–water partition coefficient (Wildman–Crippen LogP) is 3.55. The predicted molar refractivity (Wildman–Crippen MR) is 73.0 cm³/mol. The number of aryl methyl sites for hydroxylation is 1. The smallest absolute Gasteiger partial charge is 0.219 e. The summed E-state index contributed by atoms with van der Waals surface area (Å²) >= 11 is 6.06. The minimum absolute atomic E-state index is 0.401. The minimum Gasteiger partial charge on any atom is -0.439 e. The molecule has 0 spiro atoms. The standard InChI is InChI=1S/C14H15ClN2O/c1-2-10-8-12(6-7-13(10)15)18-14-5-3-4-11(9-16)17-14/h3-8H,2,9,16H2,1H3. The molecule has 1 aromatic heterocycles. The Bertz CT molecular complexity index is 543. The Morgan fingerprint density at radius 3 is 2.83 bits per heavy atom. The molecule has 18 heavy (non-hydrogen) atoms. The van der Waals surface area contributed by atoms with Crippen molar-refractivity contribution in [3.63, 3.8) is 0 Å². The molecule has 0 saturated carbocycles. The second-order valence-electron chi connectivity index (χ2n) is 3.88. The first-order valence-corrected chi connectivity index (χ1v) is 6.23. The van der Waals surface area contributed by atoms with Crippen molar-refractivity contribution in [3.05, 3.63) is 52.7 Å². The van der Waals surface area contributed by atoms with Crippen molar-refractivity contribution in [2.45, 2.75) is 19.9 Å². The molecule has 0 radical (unpaired) electrons. The number of rotatable bonds is 4. The lowest BCUT2D eigenvalue weighted by atomic mass is 10.1. The SMILES string of the molecule is CCc1cc(Oc2cccc(CN)n2)ccc1Cl. The van der Waals surface area contributed by atoms with Crippen molar-refractivity contribution in [1.82, 2.24) is 4.98 Å². The van der Waals surface area contributed by atoms with E-state index in [0.717, 1.165) is 28.5 Å². The molecule has 0 aliphatic heterocycles. The summed E-state index contributed by atoms with van der Waals surface area (Å²) in [4.78, 5) is 4.28. The van der Waals surface area contributed by atoms with Crippen LogP contribution in [0.2, 0.25) is 5.02 Å². The van der Waals surface area contributed by atoms with E-state index in [4.69, 9.17) is 22.1 Å². The molecular formula is C14H15ClN2O. The summed E-state index contributed by atoms with van der Waals surface area (Å²) in [5.41, 5.74) is 7.40. The summed E-state index contributed by atoms with van der Waals surface area (Å²) in [7, 11) is 0. The van der Waals surface area contributed by atoms with Gasteiger partial charge in [-0.1, -0.05) is 24.6 Å². The molecule has 94 valence electrons. The summed E-state index contributed by atoms with van der Waals surface area (Å²) < 4.78 is 5.69. The Balaban J connectivity index is 2.22. The highest BCUT2D eigenvalue weighted by Gasteiger charge is 2.03. The van der Waals surface area contributed by atoms with E-state index >= 15 is 0 Å². The average molecular weight is 263 g/mol. The molecule has 4 heteroatoms. The van der Waals surface area contributed by atoms with E-state index < -0.39 is 0 Å². The molecule has 0 atom stereocenters. The van der Waals surface area contributed by atoms with Gasteiger partial charge in [-0.15, -0.1) is 0 Å². The number of hydrogen-bond acceptors (Lipinski definition) is 3. The molecule has 2 N–H and O–H groups in total. The number of ether oxygens (including phenoxy) is 1. The van der Waals surface area contributed by atoms with Crippen LogP contribution in [0.3, 0.4) is 0 Å². The first-order valence-electron chi connectivity index (χ1n) is 5.85. The lowest BCUT2D eigenvalue weighted by Crippen LogP contribution is -2.00. The van der Waals surface area contributed by atoms with Gasteiger partial charge < -0.3 is 10.5 Å². The highest BCUT2D eigenvalue weighted by Crippen LogP contribution is 2.25. The van der Waals surface area contributed by atoms with E-state index in [1.54, 1.807) is 6.07 Å². The summed E-state index contributed by atoms with van der Waals surface area (Å²) in [6.07, 6.45) is 0.867. The van der Waals surface area contributed by atoms with Crippen LogP contribution in [-0.2, 0) is 13.0 Å². The molecule has 1 aromatic carbocycles. The van der Waals surface area contributed by atoms with Crippen LogP contribution in [-0.4, -0.2) is 4.98 Å². The molecule has 0 aliphatic carbocycles. The van der Waals surface area contributed by atoms with Gasteiger partial charge >= 0.3 is 0 Å². The number of halogens is 1. The summed E-state index contributed by atoms with van der Waals surface area (Å²) in [6.45, 7) is 2.45. The van der Waals surface area contributed by atoms with Crippen molar-refractivity contribution in [2.24, 2.45) is 5.73 Å². The number of benzene rings is 1. The van der Waals surface area contributed by atoms with Gasteiger partial charge in [0.25, 0.3) is 0 Å². The molecule has 0 amide bonds. The van der Waals surface area contributed by atoms with Crippen molar-refractivity contribution in [1.29, 1.82) is 0 Å². The van der Waals surface area contributed by atoms with Crippen LogP contribution in [0.4, 0.5) is 0 Å². The fourth-order valence-corrected chi connectivity index (χ4v) is 1.89. The first-order chi connectivity index (χ1) is 8.72. The minimum atomic E-state index is 0.401. The van der Waals surface area contributed by atoms with Crippen LogP contribution < -0.4 is 10.5 Å². The van der Waals surface area contributed by atoms with Gasteiger partial charge in [0.2, 0.25) is 5.88 Å². The number of pyridine rings is 1. The average Bonchev–Trinajstić information content (AvgIpc) is 2.41. The van der Waals surface area contributed by atoms with E-state index in [2.05, 4.69) is 11.9 Å². The Hall–Kier alpha value is -1.58. The Morgan fingerprint density at radius 1 is 1.28 bits per heavy atom. The van der Waals surface area contributed by atoms with Gasteiger partial charge in [0, 0.05) is 17.6 Å². The molecule has 0 saturated heterocycles. The lowest BCUT2D eigenvalue weighted by Gasteiger charge is -2.08. The zero-order valence-electron chi connectivity index (χ0n) is 10.2. The van der Waals surface area contributed by atoms with Crippen LogP contribution in [0.15, 0.2) is 36.4 Å². The second kappa shape index (κ2) is 5.85. The Morgan fingerprint density at radius 2 is 2.11 bits per heavy atom. The maximum atomic E-state index is 6.06. The third kappa shape index (κ3) is 3.00. The van der Waals surface area contributed by atoms with E-state index in [9.17, 15) is 0 Å². The van der Waals surface area contributed by atoms with Gasteiger partial charge in [0.15, 0.2) is 0 Å². The first kappa shape index (κ1) is 12.9. The zero-order chi connectivity index (χ0) is 13.0. The zero-order valence-corrected chi connectivity index (χ0v) is 10.9. The Kier molecular flexibility index (Phi) is 4.18. The third-order valence-electron chi connectivity index (χ3n) is 2.61. The Labute approximate surface area is 112 Å². The van der Waals surface area contributed by atoms with Gasteiger partial charge in [-0.05, 0) is 36.2 Å². The second-order valence-corrected chi connectivity index (χ2v) is 4.29. The van der Waals surface area contributed by atoms with Crippen LogP contribution >= 0.6 is 11.6 Å². The van der Waals surface area contributed by atoms with Crippen molar-refractivity contribution in [3.8, 4) is 11.6 Å². The summed E-state index contributed by atoms with van der Waals surface area (Å²) in [5, 5.41) is 0.758. The van der Waals surface area contributed by atoms with E-state index in [1.165, 1.54) is 0 Å². The summed E-state index contributed by atoms with van der Waals surface area (Å²) in [5.74, 6) is 1.28. The quantitative estimate of drug-likeness (QED) is 0.917. The van der Waals surface area contributed by atoms with Gasteiger partial charge in [-0.25, -0.2) is 4.98 Å². The fourth-order valence-electron chi connectivity index (χ4n) is 1.63. The summed E-state index contributed by atoms with van der Waals surface area (Å²) in [6, 6.07) is 11.1. The van der Waals surface area contributed by atoms with E-state index in [0.29, 0.717) is 12.4 Å². The number of hydrogen-bond donors (Lipinski definition) is 1. The van der Waals surface area contributed by atoms with E-state index in [-0.39, 0.29) is 0 Å². The fraction of sp³-hybridized carbons (Fsp3) is 0.214. The van der Waals surface area contributed by atoms with Crippen molar-refractivity contribution < 1.29 is 4.74 Å². The molecule has 0 aliphatic rings. The molecule has 3 nitrogen and oxygen atoms in total. The highest BCUT2D eigenvalue weighted by molar-refractivity contribution is 6.31. The molecule has 1 heterocycles. The maximum Gasteiger partial charge on any atom is 0.219 e. The maximum absolute atomic E-state index is 6.06. The molecule has 0 fully saturated rings. The van der Waals surface area contributed by atoms with Crippen molar-refractivity contribution >= 4 is 11.6 Å². The van der Waals surface area contributed by atoms with Gasteiger partial charge in [0.05, 0.1) is 5.69 Å². The van der Waals surface area contributed by atoms with Crippen LogP contribution in [0.1, 0.15) is 18.2 Å². The van der Waals surface area contributed by atoms with Crippen LogP contribution in [0.5, 0.6) is 11.6 Å². The molecule has 2 aromatic rings. The third-order valence-corrected chi connectivity index (χ3v) is 2.98. The van der Waals surface area contributed by atoms with Crippen LogP contribution in [0.25, 0.3) is 0 Å². The normalized spacial score (nSPS) is 10.4. The number of aromatic nitrogens is 1. The lowest BCUT2D eigenvalue weighted by molar-refractivity contribution is 0.460. The molecule has 2 rings (SSSR count). The topological polar surface area (TPSA) is 48.1 Å². The van der Waals surface area contributed by atoms with Crippen LogP contribution in [0, 0.1) is 0 Å². The molecule has 0 unspecified atom stereocenters. The van der Waals surface area contributed by atoms with Gasteiger partial charge in [-0.3, -0.25) is 0 Å². The molecule has 0 bridgehead atoms. The highest BCUT2D eigenvalue weighted by atomic mass is 35.5. The van der Waals surface area contributed by atoms with Gasteiger partial charge in [0.1, 0.15) is 5.75 Å².